The van der Waals surface area contributed by atoms with Gasteiger partial charge in [0.25, 0.3) is 0 Å². The Morgan fingerprint density at radius 1 is 0.677 bits per heavy atom. The van der Waals surface area contributed by atoms with Gasteiger partial charge in [0.15, 0.2) is 0 Å². The monoisotopic (exact) mass is 450 g/mol. The summed E-state index contributed by atoms with van der Waals surface area (Å²) in [6, 6.07) is 21.2. The van der Waals surface area contributed by atoms with Crippen LogP contribution in [0, 0.1) is 6.92 Å². The number of benzene rings is 3. The molecular formula is C23H18N2O4S2. The Labute approximate surface area is 179 Å². The van der Waals surface area contributed by atoms with Crippen molar-refractivity contribution in [3.05, 3.63) is 84.4 Å². The number of nitrogens with one attached hydrogen (secondary N) is 2. The summed E-state index contributed by atoms with van der Waals surface area (Å²) in [5.41, 5.74) is 2.02. The minimum absolute atomic E-state index is 0.00594. The third-order valence-electron chi connectivity index (χ3n) is 5.31. The van der Waals surface area contributed by atoms with Gasteiger partial charge < -0.3 is 9.97 Å². The van der Waals surface area contributed by atoms with Gasteiger partial charge in [0, 0.05) is 16.3 Å². The minimum atomic E-state index is -3.79. The van der Waals surface area contributed by atoms with Gasteiger partial charge in [0.2, 0.25) is 19.7 Å². The molecule has 5 rings (SSSR count). The maximum absolute atomic E-state index is 13.3. The van der Waals surface area contributed by atoms with Crippen LogP contribution in [0.25, 0.3) is 21.9 Å². The van der Waals surface area contributed by atoms with E-state index in [1.165, 1.54) is 6.07 Å². The number of hydrogen-bond donors (Lipinski definition) is 2. The van der Waals surface area contributed by atoms with Gasteiger partial charge in [-0.15, -0.1) is 0 Å². The third kappa shape index (κ3) is 3.07. The van der Waals surface area contributed by atoms with Crippen LogP contribution in [0.2, 0.25) is 0 Å². The maximum atomic E-state index is 13.3. The first-order valence-electron chi connectivity index (χ1n) is 9.54. The van der Waals surface area contributed by atoms with Crippen LogP contribution >= 0.6 is 0 Å². The SMILES string of the molecule is Cc1ccc(S(=O)(=O)c2cc3c([nH]2)[nH]c2cccc(S(=O)(=O)c4ccccc4)c23)cc1. The standard InChI is InChI=1S/C23H18N2O4S2/c1-15-10-12-17(13-11-15)31(28,29)21-14-18-22-19(24-23(18)25-21)8-5-9-20(22)30(26,27)16-6-3-2-4-7-16/h2-14,24-25H,1H3. The molecule has 0 bridgehead atoms. The molecule has 31 heavy (non-hydrogen) atoms. The highest BCUT2D eigenvalue weighted by molar-refractivity contribution is 7.92. The zero-order valence-corrected chi connectivity index (χ0v) is 18.1. The van der Waals surface area contributed by atoms with Crippen LogP contribution in [0.5, 0.6) is 0 Å². The molecule has 0 aliphatic rings. The van der Waals surface area contributed by atoms with Crippen molar-refractivity contribution in [2.75, 3.05) is 0 Å². The smallest absolute Gasteiger partial charge is 0.221 e. The lowest BCUT2D eigenvalue weighted by molar-refractivity contribution is 0.593. The van der Waals surface area contributed by atoms with E-state index < -0.39 is 19.7 Å². The predicted molar refractivity (Wildman–Crippen MR) is 119 cm³/mol. The molecule has 0 saturated heterocycles. The molecule has 0 saturated carbocycles. The van der Waals surface area contributed by atoms with Crippen LogP contribution in [0.4, 0.5) is 0 Å². The van der Waals surface area contributed by atoms with Crippen LogP contribution in [-0.4, -0.2) is 26.8 Å². The molecule has 0 aliphatic carbocycles. The van der Waals surface area contributed by atoms with Crippen molar-refractivity contribution >= 4 is 41.6 Å². The molecule has 0 radical (unpaired) electrons. The van der Waals surface area contributed by atoms with E-state index in [4.69, 9.17) is 0 Å². The molecule has 2 aromatic heterocycles. The first-order valence-corrected chi connectivity index (χ1v) is 12.5. The molecule has 0 fully saturated rings. The van der Waals surface area contributed by atoms with Crippen LogP contribution in [0.3, 0.4) is 0 Å². The topological polar surface area (TPSA) is 99.9 Å². The average Bonchev–Trinajstić information content (AvgIpc) is 3.33. The number of fused-ring (bicyclic) bond motifs is 3. The van der Waals surface area contributed by atoms with E-state index in [0.717, 1.165) is 5.56 Å². The van der Waals surface area contributed by atoms with Gasteiger partial charge in [0.1, 0.15) is 10.7 Å². The highest BCUT2D eigenvalue weighted by Crippen LogP contribution is 2.35. The van der Waals surface area contributed by atoms with Crippen molar-refractivity contribution in [2.45, 2.75) is 26.6 Å². The number of sulfone groups is 2. The maximum Gasteiger partial charge on any atom is 0.221 e. The summed E-state index contributed by atoms with van der Waals surface area (Å²) in [6.45, 7) is 1.88. The molecule has 5 aromatic rings. The Morgan fingerprint density at radius 2 is 1.35 bits per heavy atom. The van der Waals surface area contributed by atoms with E-state index in [1.54, 1.807) is 72.8 Å². The van der Waals surface area contributed by atoms with Gasteiger partial charge in [0.05, 0.1) is 14.7 Å². The first kappa shape index (κ1) is 19.6. The Bertz CT molecular complexity index is 1650. The molecular weight excluding hydrogens is 432 g/mol. The second-order valence-electron chi connectivity index (χ2n) is 7.36. The summed E-state index contributed by atoms with van der Waals surface area (Å²) in [5, 5.41) is 0.977. The summed E-state index contributed by atoms with van der Waals surface area (Å²) in [4.78, 5) is 6.51. The summed E-state index contributed by atoms with van der Waals surface area (Å²) >= 11 is 0. The van der Waals surface area contributed by atoms with Crippen LogP contribution in [0.15, 0.2) is 98.6 Å². The molecule has 0 aliphatic heterocycles. The highest BCUT2D eigenvalue weighted by Gasteiger charge is 2.26. The zero-order valence-electron chi connectivity index (χ0n) is 16.5. The first-order chi connectivity index (χ1) is 14.8. The normalized spacial score (nSPS) is 12.5. The molecule has 0 unspecified atom stereocenters. The number of aromatic nitrogens is 2. The van der Waals surface area contributed by atoms with Crippen molar-refractivity contribution in [3.63, 3.8) is 0 Å². The van der Waals surface area contributed by atoms with Gasteiger partial charge in [-0.2, -0.15) is 0 Å². The van der Waals surface area contributed by atoms with Gasteiger partial charge in [-0.25, -0.2) is 16.8 Å². The highest BCUT2D eigenvalue weighted by atomic mass is 32.2. The fraction of sp³-hybridized carbons (Fsp3) is 0.0435. The summed E-state index contributed by atoms with van der Waals surface area (Å²) < 4.78 is 52.8. The summed E-state index contributed by atoms with van der Waals surface area (Å²) in [7, 11) is -7.58. The van der Waals surface area contributed by atoms with Crippen LogP contribution in [0.1, 0.15) is 5.56 Å². The molecule has 6 nitrogen and oxygen atoms in total. The van der Waals surface area contributed by atoms with Gasteiger partial charge in [-0.1, -0.05) is 42.0 Å². The molecule has 2 heterocycles. The fourth-order valence-electron chi connectivity index (χ4n) is 3.71. The van der Waals surface area contributed by atoms with Crippen LogP contribution < -0.4 is 0 Å². The Morgan fingerprint density at radius 3 is 2.06 bits per heavy atom. The van der Waals surface area contributed by atoms with Crippen molar-refractivity contribution < 1.29 is 16.8 Å². The number of rotatable bonds is 4. The van der Waals surface area contributed by atoms with E-state index in [0.29, 0.717) is 21.9 Å². The Hall–Kier alpha value is -3.36. The molecule has 0 spiro atoms. The quantitative estimate of drug-likeness (QED) is 0.417. The number of aryl methyl sites for hydroxylation is 1. The van der Waals surface area contributed by atoms with Crippen molar-refractivity contribution in [1.29, 1.82) is 0 Å². The summed E-state index contributed by atoms with van der Waals surface area (Å²) in [6.07, 6.45) is 0. The summed E-state index contributed by atoms with van der Waals surface area (Å²) in [5.74, 6) is 0. The largest absolute Gasteiger partial charge is 0.341 e. The molecule has 8 heteroatoms. The second-order valence-corrected chi connectivity index (χ2v) is 11.2. The van der Waals surface area contributed by atoms with Crippen molar-refractivity contribution in [2.24, 2.45) is 0 Å². The Balaban J connectivity index is 1.74. The Kier molecular flexibility index (Phi) is 4.32. The lowest BCUT2D eigenvalue weighted by Crippen LogP contribution is -2.03. The van der Waals surface area contributed by atoms with Gasteiger partial charge >= 0.3 is 0 Å². The van der Waals surface area contributed by atoms with E-state index in [-0.39, 0.29) is 19.7 Å². The lowest BCUT2D eigenvalue weighted by Gasteiger charge is -2.06. The van der Waals surface area contributed by atoms with E-state index in [2.05, 4.69) is 9.97 Å². The van der Waals surface area contributed by atoms with Crippen molar-refractivity contribution in [1.82, 2.24) is 9.97 Å². The van der Waals surface area contributed by atoms with E-state index in [1.807, 2.05) is 6.92 Å². The molecule has 3 aromatic carbocycles. The molecule has 2 N–H and O–H groups in total. The van der Waals surface area contributed by atoms with Crippen molar-refractivity contribution in [3.8, 4) is 0 Å². The zero-order chi connectivity index (χ0) is 21.8. The van der Waals surface area contributed by atoms with Crippen LogP contribution in [-0.2, 0) is 19.7 Å². The van der Waals surface area contributed by atoms with Gasteiger partial charge in [-0.05, 0) is 49.4 Å². The molecule has 0 amide bonds. The number of hydrogen-bond acceptors (Lipinski definition) is 4. The second kappa shape index (κ2) is 6.83. The third-order valence-corrected chi connectivity index (χ3v) is 8.82. The molecule has 0 atom stereocenters. The molecule has 156 valence electrons. The average molecular weight is 451 g/mol. The minimum Gasteiger partial charge on any atom is -0.341 e. The lowest BCUT2D eigenvalue weighted by atomic mass is 10.2. The fourth-order valence-corrected chi connectivity index (χ4v) is 6.49. The number of aromatic amines is 2. The predicted octanol–water partition coefficient (Wildman–Crippen LogP) is 4.62. The number of H-pyrrole nitrogens is 2. The van der Waals surface area contributed by atoms with E-state index in [9.17, 15) is 16.8 Å². The van der Waals surface area contributed by atoms with Gasteiger partial charge in [-0.3, -0.25) is 0 Å². The van der Waals surface area contributed by atoms with E-state index >= 15 is 0 Å².